The van der Waals surface area contributed by atoms with Gasteiger partial charge in [-0.15, -0.1) is 0 Å². The van der Waals surface area contributed by atoms with Gasteiger partial charge in [0.15, 0.2) is 0 Å². The molecular formula is C38H42ClN5O7. The molecule has 12 nitrogen and oxygen atoms in total. The van der Waals surface area contributed by atoms with Crippen molar-refractivity contribution in [2.45, 2.75) is 58.6 Å². The largest absolute Gasteiger partial charge is 0.493 e. The first-order valence-corrected chi connectivity index (χ1v) is 17.1. The van der Waals surface area contributed by atoms with Gasteiger partial charge in [-0.2, -0.15) is 5.26 Å². The van der Waals surface area contributed by atoms with E-state index in [4.69, 9.17) is 25.8 Å². The molecule has 0 spiro atoms. The summed E-state index contributed by atoms with van der Waals surface area (Å²) in [7, 11) is 0. The van der Waals surface area contributed by atoms with E-state index in [9.17, 15) is 25.4 Å². The monoisotopic (exact) mass is 715 g/mol. The molecule has 0 radical (unpaired) electrons. The lowest BCUT2D eigenvalue weighted by atomic mass is 9.96. The Kier molecular flexibility index (Phi) is 13.2. The lowest BCUT2D eigenvalue weighted by Crippen LogP contribution is -2.39. The zero-order chi connectivity index (χ0) is 36.3. The van der Waals surface area contributed by atoms with Crippen LogP contribution in [0.5, 0.6) is 17.2 Å². The Bertz CT molecular complexity index is 1870. The maximum atomic E-state index is 11.5. The molecule has 4 N–H and O–H groups in total. The van der Waals surface area contributed by atoms with E-state index in [0.29, 0.717) is 40.5 Å². The van der Waals surface area contributed by atoms with Gasteiger partial charge >= 0.3 is 5.97 Å². The van der Waals surface area contributed by atoms with Crippen LogP contribution in [-0.2, 0) is 24.6 Å². The summed E-state index contributed by atoms with van der Waals surface area (Å²) in [6, 6.07) is 13.8. The lowest BCUT2D eigenvalue weighted by Gasteiger charge is -2.19. The fourth-order valence-corrected chi connectivity index (χ4v) is 6.16. The molecule has 51 heavy (non-hydrogen) atoms. The molecule has 1 fully saturated rings. The number of hydrogen-bond donors (Lipinski definition) is 4. The number of nitrogens with one attached hydrogen (secondary N) is 1. The molecule has 1 aliphatic rings. The van der Waals surface area contributed by atoms with Crippen molar-refractivity contribution in [2.75, 3.05) is 32.8 Å². The normalized spacial score (nSPS) is 14.9. The maximum Gasteiger partial charge on any atom is 0.323 e. The number of rotatable bonds is 17. The van der Waals surface area contributed by atoms with Crippen molar-refractivity contribution in [1.82, 2.24) is 20.2 Å². The van der Waals surface area contributed by atoms with Crippen molar-refractivity contribution < 1.29 is 34.3 Å². The summed E-state index contributed by atoms with van der Waals surface area (Å²) < 4.78 is 18.5. The van der Waals surface area contributed by atoms with Crippen molar-refractivity contribution in [1.29, 1.82) is 5.26 Å². The molecule has 2 aromatic carbocycles. The number of carboxylic acid groups (broad SMARTS) is 1. The molecule has 268 valence electrons. The summed E-state index contributed by atoms with van der Waals surface area (Å²) in [4.78, 5) is 22.4. The van der Waals surface area contributed by atoms with E-state index in [1.807, 2.05) is 32.0 Å². The highest BCUT2D eigenvalue weighted by Gasteiger charge is 2.21. The number of nitriles is 1. The molecular weight excluding hydrogens is 674 g/mol. The van der Waals surface area contributed by atoms with Crippen molar-refractivity contribution in [3.05, 3.63) is 99.6 Å². The summed E-state index contributed by atoms with van der Waals surface area (Å²) >= 11 is 6.67. The molecule has 0 bridgehead atoms. The van der Waals surface area contributed by atoms with Crippen LogP contribution in [0.2, 0.25) is 5.02 Å². The first kappa shape index (κ1) is 37.5. The number of likely N-dealkylation sites (tertiary alicyclic amines) is 1. The van der Waals surface area contributed by atoms with Gasteiger partial charge in [0.1, 0.15) is 42.6 Å². The summed E-state index contributed by atoms with van der Waals surface area (Å²) in [5.41, 5.74) is 6.28. The summed E-state index contributed by atoms with van der Waals surface area (Å²) in [6.45, 7) is 6.78. The first-order valence-electron chi connectivity index (χ1n) is 16.7. The SMILES string of the molecule is Cc1c(OCCCN2CCC(O)C2)cccc1-c1ccnc(COc2cc(OCc3cncc(C#N)c3)c(CNC(CO)C(=O)O)cc2Cl)c1C. The van der Waals surface area contributed by atoms with Gasteiger partial charge in [-0.05, 0) is 73.2 Å². The van der Waals surface area contributed by atoms with Crippen LogP contribution in [0.1, 0.15) is 46.4 Å². The van der Waals surface area contributed by atoms with E-state index in [1.54, 1.807) is 30.6 Å². The fraction of sp³-hybridized carbons (Fsp3) is 0.368. The zero-order valence-electron chi connectivity index (χ0n) is 28.6. The van der Waals surface area contributed by atoms with E-state index in [2.05, 4.69) is 32.3 Å². The number of carboxylic acids is 1. The highest BCUT2D eigenvalue weighted by molar-refractivity contribution is 6.32. The van der Waals surface area contributed by atoms with Gasteiger partial charge in [-0.1, -0.05) is 23.7 Å². The molecule has 0 amide bonds. The van der Waals surface area contributed by atoms with Gasteiger partial charge in [0.25, 0.3) is 0 Å². The first-order chi connectivity index (χ1) is 24.7. The molecule has 0 aliphatic carbocycles. The second kappa shape index (κ2) is 17.9. The molecule has 4 aromatic rings. The van der Waals surface area contributed by atoms with Gasteiger partial charge in [0.2, 0.25) is 0 Å². The lowest BCUT2D eigenvalue weighted by molar-refractivity contribution is -0.140. The number of halogens is 1. The minimum atomic E-state index is -1.19. The Labute approximate surface area is 302 Å². The maximum absolute atomic E-state index is 11.5. The van der Waals surface area contributed by atoms with Crippen molar-refractivity contribution in [3.63, 3.8) is 0 Å². The number of aliphatic hydroxyl groups excluding tert-OH is 2. The van der Waals surface area contributed by atoms with Crippen LogP contribution in [-0.4, -0.2) is 81.2 Å². The Morgan fingerprint density at radius 3 is 2.63 bits per heavy atom. The van der Waals surface area contributed by atoms with Crippen molar-refractivity contribution in [2.24, 2.45) is 0 Å². The smallest absolute Gasteiger partial charge is 0.323 e. The van der Waals surface area contributed by atoms with Crippen LogP contribution in [0.25, 0.3) is 11.1 Å². The van der Waals surface area contributed by atoms with E-state index >= 15 is 0 Å². The van der Waals surface area contributed by atoms with E-state index in [-0.39, 0.29) is 30.9 Å². The molecule has 1 aliphatic heterocycles. The van der Waals surface area contributed by atoms with Crippen LogP contribution in [0.4, 0.5) is 0 Å². The molecule has 3 heterocycles. The van der Waals surface area contributed by atoms with Crippen molar-refractivity contribution in [3.8, 4) is 34.4 Å². The highest BCUT2D eigenvalue weighted by atomic mass is 35.5. The van der Waals surface area contributed by atoms with Crippen molar-refractivity contribution >= 4 is 17.6 Å². The van der Waals surface area contributed by atoms with Gasteiger partial charge in [0.05, 0.1) is 35.6 Å². The molecule has 13 heteroatoms. The number of benzene rings is 2. The number of ether oxygens (including phenoxy) is 3. The second-order valence-corrected chi connectivity index (χ2v) is 12.8. The van der Waals surface area contributed by atoms with Crippen LogP contribution in [0.15, 0.2) is 61.1 Å². The fourth-order valence-electron chi connectivity index (χ4n) is 5.92. The predicted octanol–water partition coefficient (Wildman–Crippen LogP) is 4.81. The van der Waals surface area contributed by atoms with E-state index < -0.39 is 18.6 Å². The van der Waals surface area contributed by atoms with Gasteiger partial charge in [0, 0.05) is 62.0 Å². The average Bonchev–Trinajstić information content (AvgIpc) is 3.55. The van der Waals surface area contributed by atoms with Gasteiger partial charge < -0.3 is 34.4 Å². The molecule has 5 rings (SSSR count). The second-order valence-electron chi connectivity index (χ2n) is 12.4. The molecule has 2 atom stereocenters. The number of aliphatic hydroxyl groups is 2. The Morgan fingerprint density at radius 2 is 1.88 bits per heavy atom. The third-order valence-corrected chi connectivity index (χ3v) is 9.12. The quantitative estimate of drug-likeness (QED) is 0.110. The average molecular weight is 716 g/mol. The van der Waals surface area contributed by atoms with Gasteiger partial charge in [-0.3, -0.25) is 20.1 Å². The number of aliphatic carboxylic acids is 1. The minimum Gasteiger partial charge on any atom is -0.493 e. The number of aromatic nitrogens is 2. The standard InChI is InChI=1S/C38H42ClN5O7/c1-24-31(30-5-3-6-35(25(30)2)49-12-4-10-44-11-8-29(46)20-44)7-9-42-34(24)23-51-37-15-36(50-22-27-13-26(16-40)17-41-18-27)28(14-32(37)39)19-43-33(21-45)38(47)48/h3,5-7,9,13-15,17-18,29,33,43,45-46H,4,8,10-12,19-23H2,1-2H3,(H,47,48). The van der Waals surface area contributed by atoms with Crippen LogP contribution in [0.3, 0.4) is 0 Å². The topological polar surface area (TPSA) is 170 Å². The van der Waals surface area contributed by atoms with Gasteiger partial charge in [-0.25, -0.2) is 0 Å². The van der Waals surface area contributed by atoms with Crippen LogP contribution in [0, 0.1) is 25.2 Å². The third-order valence-electron chi connectivity index (χ3n) is 8.82. The number of carbonyl (C=O) groups is 1. The Morgan fingerprint density at radius 1 is 1.08 bits per heavy atom. The molecule has 2 unspecified atom stereocenters. The Balaban J connectivity index is 1.31. The number of hydrogen-bond acceptors (Lipinski definition) is 11. The minimum absolute atomic E-state index is 0.0385. The molecule has 0 saturated carbocycles. The summed E-state index contributed by atoms with van der Waals surface area (Å²) in [6.07, 6.45) is 6.26. The highest BCUT2D eigenvalue weighted by Crippen LogP contribution is 2.36. The van der Waals surface area contributed by atoms with Crippen LogP contribution < -0.4 is 19.5 Å². The third kappa shape index (κ3) is 9.94. The van der Waals surface area contributed by atoms with Crippen LogP contribution >= 0.6 is 11.6 Å². The number of pyridine rings is 2. The summed E-state index contributed by atoms with van der Waals surface area (Å²) in [5.74, 6) is 0.328. The number of nitrogens with zero attached hydrogens (tertiary/aromatic N) is 4. The molecule has 1 saturated heterocycles. The molecule has 2 aromatic heterocycles. The Hall–Kier alpha value is -4.77. The zero-order valence-corrected chi connectivity index (χ0v) is 29.4. The summed E-state index contributed by atoms with van der Waals surface area (Å²) in [5, 5.41) is 40.9. The van der Waals surface area contributed by atoms with E-state index in [1.165, 1.54) is 6.20 Å². The predicted molar refractivity (Wildman–Crippen MR) is 191 cm³/mol. The van der Waals surface area contributed by atoms with E-state index in [0.717, 1.165) is 60.5 Å². The number of β-amino-alcohol motifs (C(OH)–C–C–N with tert-alkyl or cyclic N) is 1.